The minimum Gasteiger partial charge on any atom is -0.381 e. The van der Waals surface area contributed by atoms with E-state index >= 15 is 0 Å². The Balaban J connectivity index is 1.67. The number of nitrogens with one attached hydrogen (secondary N) is 2. The smallest absolute Gasteiger partial charge is 0.244 e. The van der Waals surface area contributed by atoms with Gasteiger partial charge >= 0.3 is 0 Å². The number of hydrogen-bond donors (Lipinski definition) is 3. The van der Waals surface area contributed by atoms with E-state index in [-0.39, 0.29) is 23.9 Å². The number of halogens is 1. The normalized spacial score (nSPS) is 15.8. The summed E-state index contributed by atoms with van der Waals surface area (Å²) < 4.78 is 19.3. The lowest BCUT2D eigenvalue weighted by molar-refractivity contribution is -0.124. The first kappa shape index (κ1) is 19.0. The van der Waals surface area contributed by atoms with E-state index in [1.165, 1.54) is 18.2 Å². The maximum atomic E-state index is 14.1. The van der Waals surface area contributed by atoms with Crippen molar-refractivity contribution in [3.63, 3.8) is 0 Å². The first-order chi connectivity index (χ1) is 13.0. The van der Waals surface area contributed by atoms with Gasteiger partial charge in [-0.3, -0.25) is 9.59 Å². The molecule has 1 aliphatic heterocycles. The third-order valence-electron chi connectivity index (χ3n) is 4.54. The van der Waals surface area contributed by atoms with Gasteiger partial charge in [0.25, 0.3) is 0 Å². The molecule has 2 amide bonds. The number of anilines is 2. The summed E-state index contributed by atoms with van der Waals surface area (Å²) in [5.41, 5.74) is 6.34. The Hall–Kier alpha value is -2.77. The van der Waals surface area contributed by atoms with E-state index in [9.17, 15) is 14.0 Å². The number of ether oxygens (including phenoxy) is 1. The molecule has 0 radical (unpaired) electrons. The zero-order chi connectivity index (χ0) is 19.3. The molecule has 0 unspecified atom stereocenters. The van der Waals surface area contributed by atoms with Crippen molar-refractivity contribution in [3.8, 4) is 0 Å². The highest BCUT2D eigenvalue weighted by atomic mass is 19.1. The van der Waals surface area contributed by atoms with Crippen LogP contribution in [0.4, 0.5) is 15.8 Å². The van der Waals surface area contributed by atoms with Crippen LogP contribution in [-0.4, -0.2) is 30.6 Å². The van der Waals surface area contributed by atoms with Crippen molar-refractivity contribution in [1.29, 1.82) is 0 Å². The molecular weight excluding hydrogens is 349 g/mol. The quantitative estimate of drug-likeness (QED) is 0.753. The number of carbonyl (C=O) groups excluding carboxylic acids is 2. The van der Waals surface area contributed by atoms with Crippen molar-refractivity contribution in [2.75, 3.05) is 23.8 Å². The summed E-state index contributed by atoms with van der Waals surface area (Å²) >= 11 is 0. The molecule has 142 valence electrons. The third kappa shape index (κ3) is 4.90. The van der Waals surface area contributed by atoms with Crippen LogP contribution in [0.5, 0.6) is 0 Å². The molecule has 27 heavy (non-hydrogen) atoms. The first-order valence-electron chi connectivity index (χ1n) is 8.78. The van der Waals surface area contributed by atoms with E-state index in [2.05, 4.69) is 10.6 Å². The van der Waals surface area contributed by atoms with E-state index in [0.717, 1.165) is 5.56 Å². The fourth-order valence-electron chi connectivity index (χ4n) is 2.89. The molecule has 1 heterocycles. The van der Waals surface area contributed by atoms with Gasteiger partial charge < -0.3 is 21.1 Å². The number of amides is 2. The van der Waals surface area contributed by atoms with Crippen LogP contribution in [0.15, 0.2) is 48.5 Å². The molecule has 2 aromatic rings. The Morgan fingerprint density at radius 2 is 1.78 bits per heavy atom. The molecular formula is C20H22FN3O3. The number of rotatable bonds is 5. The molecule has 2 aromatic carbocycles. The highest BCUT2D eigenvalue weighted by Gasteiger charge is 2.36. The molecule has 1 fully saturated rings. The van der Waals surface area contributed by atoms with Crippen LogP contribution in [0.25, 0.3) is 0 Å². The summed E-state index contributed by atoms with van der Waals surface area (Å²) in [5, 5.41) is 5.25. The average molecular weight is 371 g/mol. The molecule has 6 nitrogen and oxygen atoms in total. The summed E-state index contributed by atoms with van der Waals surface area (Å²) in [6.07, 6.45) is 0.962. The zero-order valence-electron chi connectivity index (χ0n) is 14.8. The molecule has 0 saturated carbocycles. The lowest BCUT2D eigenvalue weighted by Gasteiger charge is -2.31. The third-order valence-corrected chi connectivity index (χ3v) is 4.54. The standard InChI is InChI=1S/C20H22FN3O3/c21-16-7-6-15(23-19(26)20(22)8-10-27-11-9-20)13-17(16)24-18(25)12-14-4-2-1-3-5-14/h1-7,13H,8-12,22H2,(H,23,26)(H,24,25). The predicted octanol–water partition coefficient (Wildman–Crippen LogP) is 2.45. The van der Waals surface area contributed by atoms with Gasteiger partial charge in [0.15, 0.2) is 0 Å². The van der Waals surface area contributed by atoms with Gasteiger partial charge in [-0.25, -0.2) is 4.39 Å². The second kappa shape index (κ2) is 8.28. The first-order valence-corrected chi connectivity index (χ1v) is 8.78. The van der Waals surface area contributed by atoms with Gasteiger partial charge in [-0.2, -0.15) is 0 Å². The fourth-order valence-corrected chi connectivity index (χ4v) is 2.89. The molecule has 3 rings (SSSR count). The van der Waals surface area contributed by atoms with Gasteiger partial charge in [0, 0.05) is 18.9 Å². The van der Waals surface area contributed by atoms with E-state index in [1.807, 2.05) is 30.3 Å². The minimum atomic E-state index is -1.01. The Morgan fingerprint density at radius 1 is 1.07 bits per heavy atom. The van der Waals surface area contributed by atoms with Gasteiger partial charge in [-0.15, -0.1) is 0 Å². The number of carbonyl (C=O) groups is 2. The van der Waals surface area contributed by atoms with Crippen molar-refractivity contribution in [2.45, 2.75) is 24.8 Å². The van der Waals surface area contributed by atoms with Crippen LogP contribution in [-0.2, 0) is 20.7 Å². The van der Waals surface area contributed by atoms with Crippen molar-refractivity contribution in [1.82, 2.24) is 0 Å². The average Bonchev–Trinajstić information content (AvgIpc) is 2.66. The minimum absolute atomic E-state index is 0.00628. The van der Waals surface area contributed by atoms with Crippen molar-refractivity contribution in [3.05, 3.63) is 59.9 Å². The molecule has 7 heteroatoms. The van der Waals surface area contributed by atoms with Crippen molar-refractivity contribution < 1.29 is 18.7 Å². The Labute approximate surface area is 156 Å². The molecule has 0 aromatic heterocycles. The Bertz CT molecular complexity index is 820. The van der Waals surface area contributed by atoms with Gasteiger partial charge in [0.2, 0.25) is 11.8 Å². The maximum absolute atomic E-state index is 14.1. The monoisotopic (exact) mass is 371 g/mol. The van der Waals surface area contributed by atoms with Crippen LogP contribution in [0.3, 0.4) is 0 Å². The van der Waals surface area contributed by atoms with Gasteiger partial charge in [0.1, 0.15) is 11.4 Å². The molecule has 0 bridgehead atoms. The molecule has 1 aliphatic rings. The number of hydrogen-bond acceptors (Lipinski definition) is 4. The van der Waals surface area contributed by atoms with Crippen LogP contribution in [0.2, 0.25) is 0 Å². The van der Waals surface area contributed by atoms with Crippen LogP contribution >= 0.6 is 0 Å². The predicted molar refractivity (Wildman–Crippen MR) is 101 cm³/mol. The largest absolute Gasteiger partial charge is 0.381 e. The second-order valence-corrected chi connectivity index (χ2v) is 6.63. The fraction of sp³-hybridized carbons (Fsp3) is 0.300. The maximum Gasteiger partial charge on any atom is 0.244 e. The van der Waals surface area contributed by atoms with Crippen molar-refractivity contribution >= 4 is 23.2 Å². The van der Waals surface area contributed by atoms with E-state index in [0.29, 0.717) is 31.7 Å². The van der Waals surface area contributed by atoms with E-state index < -0.39 is 11.4 Å². The second-order valence-electron chi connectivity index (χ2n) is 6.63. The number of nitrogens with two attached hydrogens (primary N) is 1. The van der Waals surface area contributed by atoms with Gasteiger partial charge in [-0.05, 0) is 36.6 Å². The van der Waals surface area contributed by atoms with Crippen molar-refractivity contribution in [2.24, 2.45) is 5.73 Å². The van der Waals surface area contributed by atoms with Crippen LogP contribution in [0.1, 0.15) is 18.4 Å². The van der Waals surface area contributed by atoms with Crippen LogP contribution < -0.4 is 16.4 Å². The van der Waals surface area contributed by atoms with E-state index in [4.69, 9.17) is 10.5 Å². The Kier molecular flexibility index (Phi) is 5.83. The summed E-state index contributed by atoms with van der Waals surface area (Å²) in [6.45, 7) is 0.849. The summed E-state index contributed by atoms with van der Waals surface area (Å²) in [6, 6.07) is 13.2. The molecule has 1 saturated heterocycles. The van der Waals surface area contributed by atoms with Gasteiger partial charge in [0.05, 0.1) is 12.1 Å². The Morgan fingerprint density at radius 3 is 2.48 bits per heavy atom. The van der Waals surface area contributed by atoms with Gasteiger partial charge in [-0.1, -0.05) is 30.3 Å². The zero-order valence-corrected chi connectivity index (χ0v) is 14.8. The summed E-state index contributed by atoms with van der Waals surface area (Å²) in [4.78, 5) is 24.6. The highest BCUT2D eigenvalue weighted by Crippen LogP contribution is 2.23. The van der Waals surface area contributed by atoms with Crippen LogP contribution in [0, 0.1) is 5.82 Å². The molecule has 4 N–H and O–H groups in total. The number of benzene rings is 2. The molecule has 0 atom stereocenters. The topological polar surface area (TPSA) is 93.5 Å². The summed E-state index contributed by atoms with van der Waals surface area (Å²) in [5.74, 6) is -1.27. The lowest BCUT2D eigenvalue weighted by Crippen LogP contribution is -2.54. The lowest BCUT2D eigenvalue weighted by atomic mass is 9.90. The molecule has 0 aliphatic carbocycles. The molecule has 0 spiro atoms. The summed E-state index contributed by atoms with van der Waals surface area (Å²) in [7, 11) is 0. The highest BCUT2D eigenvalue weighted by molar-refractivity contribution is 5.99. The SMILES string of the molecule is NC1(C(=O)Nc2ccc(F)c(NC(=O)Cc3ccccc3)c2)CCOCC1. The van der Waals surface area contributed by atoms with E-state index in [1.54, 1.807) is 0 Å².